The SMILES string of the molecule is CCC(C(=O)NC(C)(C)C(C)(C)O)c1ccccc1. The summed E-state index contributed by atoms with van der Waals surface area (Å²) in [4.78, 5) is 12.4. The Kier molecular flexibility index (Phi) is 4.75. The molecule has 1 atom stereocenters. The molecule has 0 aromatic heterocycles. The van der Waals surface area contributed by atoms with Crippen LogP contribution in [0.15, 0.2) is 30.3 Å². The lowest BCUT2D eigenvalue weighted by Crippen LogP contribution is -2.58. The quantitative estimate of drug-likeness (QED) is 0.858. The van der Waals surface area contributed by atoms with Crippen LogP contribution in [0.5, 0.6) is 0 Å². The highest BCUT2D eigenvalue weighted by molar-refractivity contribution is 5.84. The van der Waals surface area contributed by atoms with Crippen LogP contribution in [0, 0.1) is 0 Å². The molecule has 2 N–H and O–H groups in total. The summed E-state index contributed by atoms with van der Waals surface area (Å²) in [5, 5.41) is 13.1. The molecule has 1 amide bonds. The second kappa shape index (κ2) is 5.74. The largest absolute Gasteiger partial charge is 0.388 e. The predicted molar refractivity (Wildman–Crippen MR) is 78.0 cm³/mol. The Labute approximate surface area is 116 Å². The van der Waals surface area contributed by atoms with Crippen LogP contribution < -0.4 is 5.32 Å². The standard InChI is InChI=1S/C16H25NO2/c1-6-13(12-10-8-7-9-11-12)14(18)17-15(2,3)16(4,5)19/h7-11,13,19H,6H2,1-5H3,(H,17,18). The summed E-state index contributed by atoms with van der Waals surface area (Å²) >= 11 is 0. The van der Waals surface area contributed by atoms with Gasteiger partial charge in [0.1, 0.15) is 0 Å². The van der Waals surface area contributed by atoms with Crippen LogP contribution in [-0.4, -0.2) is 22.2 Å². The molecule has 1 unspecified atom stereocenters. The van der Waals surface area contributed by atoms with E-state index in [0.29, 0.717) is 0 Å². The molecular weight excluding hydrogens is 238 g/mol. The van der Waals surface area contributed by atoms with Crippen molar-refractivity contribution in [2.24, 2.45) is 0 Å². The molecule has 0 fully saturated rings. The van der Waals surface area contributed by atoms with Crippen LogP contribution in [0.4, 0.5) is 0 Å². The molecule has 0 saturated carbocycles. The number of benzene rings is 1. The third-order valence-corrected chi connectivity index (χ3v) is 3.89. The van der Waals surface area contributed by atoms with Gasteiger partial charge in [-0.25, -0.2) is 0 Å². The minimum absolute atomic E-state index is 0.0409. The molecule has 0 bridgehead atoms. The molecular formula is C16H25NO2. The van der Waals surface area contributed by atoms with Gasteiger partial charge in [0.25, 0.3) is 0 Å². The van der Waals surface area contributed by atoms with E-state index in [9.17, 15) is 9.90 Å². The van der Waals surface area contributed by atoms with Crippen LogP contribution in [0.25, 0.3) is 0 Å². The van der Waals surface area contributed by atoms with Crippen molar-refractivity contribution in [2.45, 2.75) is 58.1 Å². The Balaban J connectivity index is 2.88. The van der Waals surface area contributed by atoms with E-state index in [0.717, 1.165) is 12.0 Å². The third-order valence-electron chi connectivity index (χ3n) is 3.89. The van der Waals surface area contributed by atoms with Gasteiger partial charge in [-0.05, 0) is 39.7 Å². The van der Waals surface area contributed by atoms with E-state index >= 15 is 0 Å². The van der Waals surface area contributed by atoms with E-state index < -0.39 is 11.1 Å². The van der Waals surface area contributed by atoms with E-state index in [2.05, 4.69) is 5.32 Å². The highest BCUT2D eigenvalue weighted by Crippen LogP contribution is 2.24. The van der Waals surface area contributed by atoms with Crippen molar-refractivity contribution in [1.29, 1.82) is 0 Å². The zero-order valence-electron chi connectivity index (χ0n) is 12.5. The molecule has 0 aliphatic carbocycles. The first-order valence-corrected chi connectivity index (χ1v) is 6.78. The average molecular weight is 263 g/mol. The number of carbonyl (C=O) groups is 1. The van der Waals surface area contributed by atoms with Gasteiger partial charge in [0.2, 0.25) is 5.91 Å². The summed E-state index contributed by atoms with van der Waals surface area (Å²) < 4.78 is 0. The van der Waals surface area contributed by atoms with Gasteiger partial charge >= 0.3 is 0 Å². The first kappa shape index (κ1) is 15.7. The second-order valence-electron chi connectivity index (χ2n) is 6.04. The van der Waals surface area contributed by atoms with Gasteiger partial charge in [-0.2, -0.15) is 0 Å². The fourth-order valence-electron chi connectivity index (χ4n) is 1.81. The lowest BCUT2D eigenvalue weighted by Gasteiger charge is -2.39. The van der Waals surface area contributed by atoms with Gasteiger partial charge in [0.15, 0.2) is 0 Å². The zero-order chi connectivity index (χ0) is 14.7. The van der Waals surface area contributed by atoms with Gasteiger partial charge in [0, 0.05) is 0 Å². The Hall–Kier alpha value is -1.35. The van der Waals surface area contributed by atoms with Crippen LogP contribution in [0.3, 0.4) is 0 Å². The van der Waals surface area contributed by atoms with E-state index in [1.807, 2.05) is 51.1 Å². The number of hydrogen-bond donors (Lipinski definition) is 2. The van der Waals surface area contributed by atoms with Crippen LogP contribution in [-0.2, 0) is 4.79 Å². The normalized spacial score (nSPS) is 14.0. The van der Waals surface area contributed by atoms with Crippen molar-refractivity contribution in [1.82, 2.24) is 5.32 Å². The maximum absolute atomic E-state index is 12.4. The molecule has 0 spiro atoms. The lowest BCUT2D eigenvalue weighted by molar-refractivity contribution is -0.127. The summed E-state index contributed by atoms with van der Waals surface area (Å²) in [6, 6.07) is 9.74. The molecule has 1 aromatic rings. The van der Waals surface area contributed by atoms with Crippen molar-refractivity contribution in [3.8, 4) is 0 Å². The molecule has 106 valence electrons. The molecule has 19 heavy (non-hydrogen) atoms. The molecule has 0 radical (unpaired) electrons. The monoisotopic (exact) mass is 263 g/mol. The Bertz CT molecular complexity index is 418. The Morgan fingerprint density at radius 3 is 2.16 bits per heavy atom. The highest BCUT2D eigenvalue weighted by Gasteiger charge is 2.37. The van der Waals surface area contributed by atoms with Gasteiger partial charge in [0.05, 0.1) is 17.1 Å². The number of carbonyl (C=O) groups excluding carboxylic acids is 1. The van der Waals surface area contributed by atoms with Crippen molar-refractivity contribution < 1.29 is 9.90 Å². The molecule has 3 nitrogen and oxygen atoms in total. The first-order chi connectivity index (χ1) is 8.69. The zero-order valence-corrected chi connectivity index (χ0v) is 12.5. The first-order valence-electron chi connectivity index (χ1n) is 6.78. The smallest absolute Gasteiger partial charge is 0.228 e. The van der Waals surface area contributed by atoms with Crippen molar-refractivity contribution in [3.63, 3.8) is 0 Å². The minimum Gasteiger partial charge on any atom is -0.388 e. The molecule has 1 rings (SSSR count). The molecule has 0 saturated heterocycles. The number of nitrogens with one attached hydrogen (secondary N) is 1. The predicted octanol–water partition coefficient (Wildman–Crippen LogP) is 2.85. The van der Waals surface area contributed by atoms with Crippen molar-refractivity contribution >= 4 is 5.91 Å². The Morgan fingerprint density at radius 1 is 1.21 bits per heavy atom. The van der Waals surface area contributed by atoms with E-state index in [4.69, 9.17) is 0 Å². The molecule has 0 aliphatic rings. The summed E-state index contributed by atoms with van der Waals surface area (Å²) in [5.41, 5.74) is -0.641. The lowest BCUT2D eigenvalue weighted by atomic mass is 9.84. The van der Waals surface area contributed by atoms with E-state index in [-0.39, 0.29) is 11.8 Å². The molecule has 3 heteroatoms. The van der Waals surface area contributed by atoms with E-state index in [1.165, 1.54) is 0 Å². The molecule has 0 heterocycles. The van der Waals surface area contributed by atoms with Crippen molar-refractivity contribution in [3.05, 3.63) is 35.9 Å². The summed E-state index contributed by atoms with van der Waals surface area (Å²) in [7, 11) is 0. The fourth-order valence-corrected chi connectivity index (χ4v) is 1.81. The Morgan fingerprint density at radius 2 is 1.74 bits per heavy atom. The van der Waals surface area contributed by atoms with Gasteiger partial charge in [-0.1, -0.05) is 37.3 Å². The maximum atomic E-state index is 12.4. The fraction of sp³-hybridized carbons (Fsp3) is 0.562. The van der Waals surface area contributed by atoms with Gasteiger partial charge < -0.3 is 10.4 Å². The van der Waals surface area contributed by atoms with Crippen LogP contribution in [0.1, 0.15) is 52.5 Å². The van der Waals surface area contributed by atoms with Gasteiger partial charge in [-0.15, -0.1) is 0 Å². The summed E-state index contributed by atoms with van der Waals surface area (Å²) in [5.74, 6) is -0.219. The third kappa shape index (κ3) is 3.80. The molecule has 0 aliphatic heterocycles. The second-order valence-corrected chi connectivity index (χ2v) is 6.04. The number of hydrogen-bond acceptors (Lipinski definition) is 2. The van der Waals surface area contributed by atoms with E-state index in [1.54, 1.807) is 13.8 Å². The van der Waals surface area contributed by atoms with Crippen LogP contribution in [0.2, 0.25) is 0 Å². The number of rotatable bonds is 5. The van der Waals surface area contributed by atoms with Gasteiger partial charge in [-0.3, -0.25) is 4.79 Å². The van der Waals surface area contributed by atoms with Crippen LogP contribution >= 0.6 is 0 Å². The highest BCUT2D eigenvalue weighted by atomic mass is 16.3. The minimum atomic E-state index is -0.975. The van der Waals surface area contributed by atoms with Crippen molar-refractivity contribution in [2.75, 3.05) is 0 Å². The number of amides is 1. The maximum Gasteiger partial charge on any atom is 0.228 e. The molecule has 1 aromatic carbocycles. The summed E-state index contributed by atoms with van der Waals surface area (Å²) in [6.07, 6.45) is 0.734. The average Bonchev–Trinajstić information content (AvgIpc) is 2.29. The number of aliphatic hydroxyl groups is 1. The topological polar surface area (TPSA) is 49.3 Å². The summed E-state index contributed by atoms with van der Waals surface area (Å²) in [6.45, 7) is 9.08.